The highest BCUT2D eigenvalue weighted by molar-refractivity contribution is 7.13. The summed E-state index contributed by atoms with van der Waals surface area (Å²) in [5, 5.41) is 5.85. The van der Waals surface area contributed by atoms with Crippen LogP contribution in [-0.4, -0.2) is 17.7 Å². The number of aryl methyl sites for hydroxylation is 1. The summed E-state index contributed by atoms with van der Waals surface area (Å²) in [4.78, 5) is 16.4. The van der Waals surface area contributed by atoms with Gasteiger partial charge in [-0.2, -0.15) is 0 Å². The lowest BCUT2D eigenvalue weighted by atomic mass is 10.1. The van der Waals surface area contributed by atoms with E-state index >= 15 is 0 Å². The molecule has 0 radical (unpaired) electrons. The normalized spacial score (nSPS) is 10.6. The Morgan fingerprint density at radius 2 is 1.78 bits per heavy atom. The number of benzene rings is 2. The minimum atomic E-state index is -0.366. The molecule has 0 fully saturated rings. The van der Waals surface area contributed by atoms with E-state index in [1.54, 1.807) is 11.3 Å². The van der Waals surface area contributed by atoms with E-state index in [1.807, 2.05) is 24.3 Å². The number of ether oxygens (including phenoxy) is 1. The Balaban J connectivity index is 1.59. The van der Waals surface area contributed by atoms with Crippen LogP contribution >= 0.6 is 11.3 Å². The first-order valence-corrected chi connectivity index (χ1v) is 10.1. The quantitative estimate of drug-likeness (QED) is 0.526. The molecule has 0 aliphatic heterocycles. The molecule has 1 aromatic heterocycles. The largest absolute Gasteiger partial charge is 0.450 e. The zero-order valence-electron chi connectivity index (χ0n) is 15.7. The Morgan fingerprint density at radius 3 is 2.48 bits per heavy atom. The van der Waals surface area contributed by atoms with Crippen LogP contribution in [0.25, 0.3) is 21.8 Å². The molecule has 0 aliphatic carbocycles. The van der Waals surface area contributed by atoms with E-state index in [0.717, 1.165) is 40.2 Å². The van der Waals surface area contributed by atoms with Crippen LogP contribution in [0, 0.1) is 6.92 Å². The average Bonchev–Trinajstić information content (AvgIpc) is 3.18. The number of thiazole rings is 1. The Kier molecular flexibility index (Phi) is 6.60. The molecule has 1 heterocycles. The highest BCUT2D eigenvalue weighted by atomic mass is 32.1. The maximum absolute atomic E-state index is 11.6. The van der Waals surface area contributed by atoms with Crippen LogP contribution in [0.15, 0.2) is 53.9 Å². The highest BCUT2D eigenvalue weighted by Gasteiger charge is 2.07. The van der Waals surface area contributed by atoms with Crippen molar-refractivity contribution in [3.63, 3.8) is 0 Å². The van der Waals surface area contributed by atoms with Crippen molar-refractivity contribution in [1.29, 1.82) is 0 Å². The highest BCUT2D eigenvalue weighted by Crippen LogP contribution is 2.29. The second kappa shape index (κ2) is 9.33. The molecule has 2 aromatic carbocycles. The smallest absolute Gasteiger partial charge is 0.407 e. The molecule has 3 rings (SSSR count). The van der Waals surface area contributed by atoms with Crippen molar-refractivity contribution in [2.45, 2.75) is 33.2 Å². The third kappa shape index (κ3) is 5.41. The van der Waals surface area contributed by atoms with Gasteiger partial charge in [-0.05, 0) is 18.9 Å². The number of rotatable bonds is 7. The van der Waals surface area contributed by atoms with E-state index in [1.165, 1.54) is 5.56 Å². The summed E-state index contributed by atoms with van der Waals surface area (Å²) in [6.07, 6.45) is 1.53. The standard InChI is InChI=1S/C22H24N2O2S/c1-3-4-13-26-22(25)23-14-17-7-11-19(12-8-17)21-24-20(15-27-21)18-9-5-16(2)6-10-18/h5-12,15H,3-4,13-14H2,1-2H3,(H,23,25). The van der Waals surface area contributed by atoms with Crippen LogP contribution in [0.5, 0.6) is 0 Å². The lowest BCUT2D eigenvalue weighted by Crippen LogP contribution is -2.24. The number of unbranched alkanes of at least 4 members (excludes halogenated alkanes) is 1. The zero-order valence-corrected chi connectivity index (χ0v) is 16.5. The number of aromatic nitrogens is 1. The predicted octanol–water partition coefficient (Wildman–Crippen LogP) is 5.81. The second-order valence-corrected chi connectivity index (χ2v) is 7.30. The molecule has 1 amide bonds. The van der Waals surface area contributed by atoms with Gasteiger partial charge < -0.3 is 10.1 Å². The SMILES string of the molecule is CCCCOC(=O)NCc1ccc(-c2nc(-c3ccc(C)cc3)cs2)cc1. The predicted molar refractivity (Wildman–Crippen MR) is 111 cm³/mol. The topological polar surface area (TPSA) is 51.2 Å². The average molecular weight is 381 g/mol. The van der Waals surface area contributed by atoms with Crippen molar-refractivity contribution in [3.05, 3.63) is 65.0 Å². The van der Waals surface area contributed by atoms with Gasteiger partial charge in [0.1, 0.15) is 5.01 Å². The van der Waals surface area contributed by atoms with Crippen molar-refractivity contribution >= 4 is 17.4 Å². The monoisotopic (exact) mass is 380 g/mol. The van der Waals surface area contributed by atoms with Crippen molar-refractivity contribution in [2.24, 2.45) is 0 Å². The van der Waals surface area contributed by atoms with Gasteiger partial charge in [-0.1, -0.05) is 67.4 Å². The molecule has 0 spiro atoms. The fourth-order valence-electron chi connectivity index (χ4n) is 2.56. The van der Waals surface area contributed by atoms with Crippen LogP contribution in [-0.2, 0) is 11.3 Å². The minimum absolute atomic E-state index is 0.366. The number of alkyl carbamates (subject to hydrolysis) is 1. The summed E-state index contributed by atoms with van der Waals surface area (Å²) >= 11 is 1.64. The van der Waals surface area contributed by atoms with Crippen molar-refractivity contribution in [1.82, 2.24) is 10.3 Å². The van der Waals surface area contributed by atoms with Crippen molar-refractivity contribution in [2.75, 3.05) is 6.61 Å². The van der Waals surface area contributed by atoms with E-state index < -0.39 is 0 Å². The zero-order chi connectivity index (χ0) is 19.1. The minimum Gasteiger partial charge on any atom is -0.450 e. The van der Waals surface area contributed by atoms with Gasteiger partial charge >= 0.3 is 6.09 Å². The summed E-state index contributed by atoms with van der Waals surface area (Å²) in [7, 11) is 0. The summed E-state index contributed by atoms with van der Waals surface area (Å²) in [6.45, 7) is 5.07. The molecule has 1 N–H and O–H groups in total. The van der Waals surface area contributed by atoms with Gasteiger partial charge in [0.15, 0.2) is 0 Å². The molecule has 0 saturated carbocycles. The first kappa shape index (κ1) is 19.1. The van der Waals surface area contributed by atoms with Gasteiger partial charge in [-0.3, -0.25) is 0 Å². The van der Waals surface area contributed by atoms with Crippen LogP contribution < -0.4 is 5.32 Å². The summed E-state index contributed by atoms with van der Waals surface area (Å²) in [6, 6.07) is 16.5. The fourth-order valence-corrected chi connectivity index (χ4v) is 3.40. The molecule has 140 valence electrons. The van der Waals surface area contributed by atoms with Gasteiger partial charge in [-0.25, -0.2) is 9.78 Å². The number of nitrogens with one attached hydrogen (secondary N) is 1. The lowest BCUT2D eigenvalue weighted by Gasteiger charge is -2.07. The van der Waals surface area contributed by atoms with Crippen molar-refractivity contribution < 1.29 is 9.53 Å². The maximum Gasteiger partial charge on any atom is 0.407 e. The van der Waals surface area contributed by atoms with Gasteiger partial charge in [0, 0.05) is 23.1 Å². The second-order valence-electron chi connectivity index (χ2n) is 6.44. The van der Waals surface area contributed by atoms with Crippen LogP contribution in [0.4, 0.5) is 4.79 Å². The third-order valence-corrected chi connectivity index (χ3v) is 5.11. The van der Waals surface area contributed by atoms with E-state index in [0.29, 0.717) is 13.2 Å². The third-order valence-electron chi connectivity index (χ3n) is 4.22. The van der Waals surface area contributed by atoms with E-state index in [9.17, 15) is 4.79 Å². The Morgan fingerprint density at radius 1 is 1.07 bits per heavy atom. The van der Waals surface area contributed by atoms with Crippen LogP contribution in [0.1, 0.15) is 30.9 Å². The van der Waals surface area contributed by atoms with E-state index in [-0.39, 0.29) is 6.09 Å². The Bertz CT molecular complexity index is 870. The first-order valence-electron chi connectivity index (χ1n) is 9.18. The molecule has 3 aromatic rings. The summed E-state index contributed by atoms with van der Waals surface area (Å²) < 4.78 is 5.09. The molecule has 0 atom stereocenters. The number of hydrogen-bond donors (Lipinski definition) is 1. The van der Waals surface area contributed by atoms with Gasteiger partial charge in [-0.15, -0.1) is 11.3 Å². The van der Waals surface area contributed by atoms with Gasteiger partial charge in [0.25, 0.3) is 0 Å². The molecular weight excluding hydrogens is 356 g/mol. The Labute approximate surface area is 164 Å². The lowest BCUT2D eigenvalue weighted by molar-refractivity contribution is 0.144. The molecule has 0 bridgehead atoms. The number of nitrogens with zero attached hydrogens (tertiary/aromatic N) is 1. The van der Waals surface area contributed by atoms with Crippen LogP contribution in [0.3, 0.4) is 0 Å². The molecule has 4 nitrogen and oxygen atoms in total. The molecule has 0 unspecified atom stereocenters. The number of hydrogen-bond acceptors (Lipinski definition) is 4. The fraction of sp³-hybridized carbons (Fsp3) is 0.273. The van der Waals surface area contributed by atoms with Crippen molar-refractivity contribution in [3.8, 4) is 21.8 Å². The molecular formula is C22H24N2O2S. The van der Waals surface area contributed by atoms with Crippen LogP contribution in [0.2, 0.25) is 0 Å². The number of carbonyl (C=O) groups excluding carboxylic acids is 1. The molecule has 0 saturated heterocycles. The summed E-state index contributed by atoms with van der Waals surface area (Å²) in [5.41, 5.74) is 5.47. The van der Waals surface area contributed by atoms with E-state index in [4.69, 9.17) is 9.72 Å². The van der Waals surface area contributed by atoms with E-state index in [2.05, 4.69) is 48.8 Å². The molecule has 5 heteroatoms. The van der Waals surface area contributed by atoms with Gasteiger partial charge in [0.05, 0.1) is 12.3 Å². The maximum atomic E-state index is 11.6. The number of amides is 1. The van der Waals surface area contributed by atoms with Gasteiger partial charge in [0.2, 0.25) is 0 Å². The first-order chi connectivity index (χ1) is 13.2. The Hall–Kier alpha value is -2.66. The molecule has 0 aliphatic rings. The molecule has 27 heavy (non-hydrogen) atoms. The number of carbonyl (C=O) groups is 1. The summed E-state index contributed by atoms with van der Waals surface area (Å²) in [5.74, 6) is 0.